The molecule has 0 saturated heterocycles. The van der Waals surface area contributed by atoms with Gasteiger partial charge in [0, 0.05) is 17.0 Å². The van der Waals surface area contributed by atoms with Gasteiger partial charge in [0.1, 0.15) is 17.0 Å². The number of anilines is 1. The molecule has 4 rings (SSSR count). The summed E-state index contributed by atoms with van der Waals surface area (Å²) in [5, 5.41) is 13.4. The minimum Gasteiger partial charge on any atom is -0.478 e. The van der Waals surface area contributed by atoms with Crippen molar-refractivity contribution < 1.29 is 9.90 Å². The van der Waals surface area contributed by atoms with Crippen molar-refractivity contribution >= 4 is 33.3 Å². The fourth-order valence-corrected chi connectivity index (χ4v) is 4.09. The number of benzene rings is 2. The number of hydrogen-bond acceptors (Lipinski definition) is 5. The van der Waals surface area contributed by atoms with Gasteiger partial charge in [-0.25, -0.2) is 14.8 Å². The summed E-state index contributed by atoms with van der Waals surface area (Å²) in [6, 6.07) is 17.1. The van der Waals surface area contributed by atoms with E-state index in [0.717, 1.165) is 32.7 Å². The number of thiophene rings is 1. The summed E-state index contributed by atoms with van der Waals surface area (Å²) in [6.45, 7) is 2.65. The molecule has 134 valence electrons. The number of carboxylic acid groups (broad SMARTS) is 1. The van der Waals surface area contributed by atoms with Gasteiger partial charge in [-0.2, -0.15) is 0 Å². The van der Waals surface area contributed by atoms with Crippen molar-refractivity contribution in [2.45, 2.75) is 13.5 Å². The van der Waals surface area contributed by atoms with Gasteiger partial charge in [0.25, 0.3) is 0 Å². The molecule has 0 aliphatic carbocycles. The molecular formula is C21H17N3O2S. The Morgan fingerprint density at radius 3 is 2.52 bits per heavy atom. The second-order valence-electron chi connectivity index (χ2n) is 6.16. The van der Waals surface area contributed by atoms with E-state index in [4.69, 9.17) is 5.11 Å². The lowest BCUT2D eigenvalue weighted by Gasteiger charge is -2.09. The minimum atomic E-state index is -0.923. The van der Waals surface area contributed by atoms with E-state index in [0.29, 0.717) is 6.54 Å². The first-order chi connectivity index (χ1) is 13.1. The molecule has 0 spiro atoms. The Bertz CT molecular complexity index is 1110. The van der Waals surface area contributed by atoms with Crippen LogP contribution in [-0.4, -0.2) is 21.0 Å². The number of aromatic carboxylic acids is 1. The SMILES string of the molecule is Cc1sc2ncnc(NCc3ccc(C(=O)O)cc3)c2c1-c1ccccc1. The molecule has 0 aliphatic heterocycles. The maximum Gasteiger partial charge on any atom is 0.335 e. The Morgan fingerprint density at radius 2 is 1.81 bits per heavy atom. The van der Waals surface area contributed by atoms with Crippen LogP contribution in [-0.2, 0) is 6.54 Å². The van der Waals surface area contributed by atoms with Crippen LogP contribution in [0.5, 0.6) is 0 Å². The summed E-state index contributed by atoms with van der Waals surface area (Å²) in [5.41, 5.74) is 3.56. The predicted molar refractivity (Wildman–Crippen MR) is 108 cm³/mol. The number of fused-ring (bicyclic) bond motifs is 1. The molecule has 2 aromatic carbocycles. The van der Waals surface area contributed by atoms with Gasteiger partial charge in [0.05, 0.1) is 10.9 Å². The van der Waals surface area contributed by atoms with Gasteiger partial charge in [0.15, 0.2) is 0 Å². The molecule has 0 bridgehead atoms. The van der Waals surface area contributed by atoms with E-state index in [1.54, 1.807) is 29.8 Å². The maximum atomic E-state index is 11.0. The molecular weight excluding hydrogens is 358 g/mol. The molecule has 6 heteroatoms. The van der Waals surface area contributed by atoms with Crippen LogP contribution in [0.2, 0.25) is 0 Å². The molecule has 0 fully saturated rings. The highest BCUT2D eigenvalue weighted by Gasteiger charge is 2.16. The third kappa shape index (κ3) is 3.39. The predicted octanol–water partition coefficient (Wildman–Crippen LogP) is 4.98. The van der Waals surface area contributed by atoms with Gasteiger partial charge < -0.3 is 10.4 Å². The number of rotatable bonds is 5. The largest absolute Gasteiger partial charge is 0.478 e. The topological polar surface area (TPSA) is 75.1 Å². The third-order valence-electron chi connectivity index (χ3n) is 4.39. The Balaban J connectivity index is 1.69. The Labute approximate surface area is 160 Å². The summed E-state index contributed by atoms with van der Waals surface area (Å²) < 4.78 is 0. The molecule has 4 aromatic rings. The van der Waals surface area contributed by atoms with Crippen molar-refractivity contribution in [3.63, 3.8) is 0 Å². The summed E-state index contributed by atoms with van der Waals surface area (Å²) in [4.78, 5) is 22.0. The van der Waals surface area contributed by atoms with Crippen molar-refractivity contribution in [3.05, 3.63) is 76.9 Å². The lowest BCUT2D eigenvalue weighted by Crippen LogP contribution is -2.03. The number of carbonyl (C=O) groups is 1. The number of carboxylic acids is 1. The standard InChI is InChI=1S/C21H17N3O2S/c1-13-17(15-5-3-2-4-6-15)18-19(23-12-24-20(18)27-13)22-11-14-7-9-16(10-8-14)21(25)26/h2-10,12H,11H2,1H3,(H,25,26)(H,22,23,24). The highest BCUT2D eigenvalue weighted by Crippen LogP contribution is 2.40. The Hall–Kier alpha value is -3.25. The molecule has 2 heterocycles. The first kappa shape index (κ1) is 17.2. The number of nitrogens with one attached hydrogen (secondary N) is 1. The quantitative estimate of drug-likeness (QED) is 0.515. The van der Waals surface area contributed by atoms with Crippen LogP contribution in [0.4, 0.5) is 5.82 Å². The minimum absolute atomic E-state index is 0.281. The van der Waals surface area contributed by atoms with E-state index in [1.807, 2.05) is 30.3 Å². The molecule has 27 heavy (non-hydrogen) atoms. The van der Waals surface area contributed by atoms with E-state index in [1.165, 1.54) is 4.88 Å². The first-order valence-electron chi connectivity index (χ1n) is 8.49. The van der Waals surface area contributed by atoms with Crippen molar-refractivity contribution in [2.75, 3.05) is 5.32 Å². The summed E-state index contributed by atoms with van der Waals surface area (Å²) in [6.07, 6.45) is 1.57. The van der Waals surface area contributed by atoms with E-state index >= 15 is 0 Å². The molecule has 2 N–H and O–H groups in total. The van der Waals surface area contributed by atoms with Crippen LogP contribution in [0.15, 0.2) is 60.9 Å². The average Bonchev–Trinajstić information content (AvgIpc) is 3.03. The molecule has 0 aliphatic rings. The van der Waals surface area contributed by atoms with Crippen LogP contribution in [0, 0.1) is 6.92 Å². The average molecular weight is 375 g/mol. The normalized spacial score (nSPS) is 10.9. The molecule has 0 unspecified atom stereocenters. The van der Waals surface area contributed by atoms with E-state index in [2.05, 4.69) is 34.3 Å². The van der Waals surface area contributed by atoms with Gasteiger partial charge in [0.2, 0.25) is 0 Å². The third-order valence-corrected chi connectivity index (χ3v) is 5.40. The Kier molecular flexibility index (Phi) is 4.56. The highest BCUT2D eigenvalue weighted by atomic mass is 32.1. The van der Waals surface area contributed by atoms with E-state index in [9.17, 15) is 4.79 Å². The lowest BCUT2D eigenvalue weighted by molar-refractivity contribution is 0.0697. The van der Waals surface area contributed by atoms with Gasteiger partial charge >= 0.3 is 5.97 Å². The molecule has 0 saturated carbocycles. The monoisotopic (exact) mass is 375 g/mol. The zero-order valence-electron chi connectivity index (χ0n) is 14.6. The van der Waals surface area contributed by atoms with Crippen LogP contribution in [0.1, 0.15) is 20.8 Å². The number of nitrogens with zero attached hydrogens (tertiary/aromatic N) is 2. The van der Waals surface area contributed by atoms with Crippen molar-refractivity contribution in [2.24, 2.45) is 0 Å². The summed E-state index contributed by atoms with van der Waals surface area (Å²) in [7, 11) is 0. The molecule has 0 radical (unpaired) electrons. The van der Waals surface area contributed by atoms with Crippen molar-refractivity contribution in [1.82, 2.24) is 9.97 Å². The summed E-state index contributed by atoms with van der Waals surface area (Å²) >= 11 is 1.66. The van der Waals surface area contributed by atoms with Gasteiger partial charge in [-0.1, -0.05) is 42.5 Å². The molecule has 5 nitrogen and oxygen atoms in total. The summed E-state index contributed by atoms with van der Waals surface area (Å²) in [5.74, 6) is -0.140. The van der Waals surface area contributed by atoms with Crippen LogP contribution < -0.4 is 5.32 Å². The van der Waals surface area contributed by atoms with E-state index in [-0.39, 0.29) is 5.56 Å². The number of aryl methyl sites for hydroxylation is 1. The molecule has 2 aromatic heterocycles. The second-order valence-corrected chi connectivity index (χ2v) is 7.36. The lowest BCUT2D eigenvalue weighted by atomic mass is 10.0. The molecule has 0 atom stereocenters. The van der Waals surface area contributed by atoms with E-state index < -0.39 is 5.97 Å². The number of hydrogen-bond donors (Lipinski definition) is 2. The van der Waals surface area contributed by atoms with Crippen molar-refractivity contribution in [1.29, 1.82) is 0 Å². The van der Waals surface area contributed by atoms with Crippen LogP contribution in [0.25, 0.3) is 21.3 Å². The van der Waals surface area contributed by atoms with Crippen molar-refractivity contribution in [3.8, 4) is 11.1 Å². The first-order valence-corrected chi connectivity index (χ1v) is 9.31. The maximum absolute atomic E-state index is 11.0. The van der Waals surface area contributed by atoms with Gasteiger partial charge in [-0.3, -0.25) is 0 Å². The Morgan fingerprint density at radius 1 is 1.07 bits per heavy atom. The number of aromatic nitrogens is 2. The smallest absolute Gasteiger partial charge is 0.335 e. The van der Waals surface area contributed by atoms with Crippen LogP contribution in [0.3, 0.4) is 0 Å². The van der Waals surface area contributed by atoms with Gasteiger partial charge in [-0.05, 0) is 30.2 Å². The molecule has 0 amide bonds. The second kappa shape index (κ2) is 7.17. The van der Waals surface area contributed by atoms with Gasteiger partial charge in [-0.15, -0.1) is 11.3 Å². The fourth-order valence-electron chi connectivity index (χ4n) is 3.08. The fraction of sp³-hybridized carbons (Fsp3) is 0.0952. The van der Waals surface area contributed by atoms with Crippen LogP contribution >= 0.6 is 11.3 Å². The highest BCUT2D eigenvalue weighted by molar-refractivity contribution is 7.19. The zero-order valence-corrected chi connectivity index (χ0v) is 15.5. The zero-order chi connectivity index (χ0) is 18.8.